The first-order valence-electron chi connectivity index (χ1n) is 7.18. The molecule has 10 nitrogen and oxygen atoms in total. The van der Waals surface area contributed by atoms with Crippen LogP contribution in [0.4, 0.5) is 0 Å². The second-order valence-corrected chi connectivity index (χ2v) is 5.93. The highest BCUT2D eigenvalue weighted by atomic mass is 16.7. The number of hydrogen-bond donors (Lipinski definition) is 8. The van der Waals surface area contributed by atoms with Gasteiger partial charge in [0.25, 0.3) is 0 Å². The van der Waals surface area contributed by atoms with Gasteiger partial charge >= 0.3 is 0 Å². The van der Waals surface area contributed by atoms with Crippen LogP contribution in [0.2, 0.25) is 0 Å². The molecule has 2 rings (SSSR count). The third kappa shape index (κ3) is 3.26. The van der Waals surface area contributed by atoms with E-state index in [1.165, 1.54) is 0 Å². The quantitative estimate of drug-likeness (QED) is 0.248. The lowest BCUT2D eigenvalue weighted by atomic mass is 9.84. The van der Waals surface area contributed by atoms with Gasteiger partial charge in [-0.1, -0.05) is 0 Å². The van der Waals surface area contributed by atoms with Gasteiger partial charge in [0, 0.05) is 12.1 Å². The summed E-state index contributed by atoms with van der Waals surface area (Å²) < 4.78 is 10.8. The monoisotopic (exact) mass is 323 g/mol. The molecule has 1 aliphatic heterocycles. The Morgan fingerprint density at radius 2 is 1.55 bits per heavy atom. The normalized spacial score (nSPS) is 53.5. The Balaban J connectivity index is 2.08. The van der Waals surface area contributed by atoms with E-state index in [0.717, 1.165) is 0 Å². The van der Waals surface area contributed by atoms with Crippen molar-refractivity contribution < 1.29 is 35.0 Å². The molecule has 1 saturated carbocycles. The average molecular weight is 323 g/mol. The first kappa shape index (κ1) is 17.9. The molecule has 0 bridgehead atoms. The molecule has 11 N–H and O–H groups in total. The summed E-state index contributed by atoms with van der Waals surface area (Å²) in [4.78, 5) is 0. The summed E-state index contributed by atoms with van der Waals surface area (Å²) >= 11 is 0. The summed E-state index contributed by atoms with van der Waals surface area (Å²) in [6.45, 7) is -0.475. The minimum Gasteiger partial charge on any atom is -0.394 e. The van der Waals surface area contributed by atoms with Crippen molar-refractivity contribution in [2.75, 3.05) is 6.61 Å². The lowest BCUT2D eigenvalue weighted by Gasteiger charge is -2.45. The standard InChI is InChI=1S/C12H25N3O7/c13-3-1-4(14)11(9(19)7(3)17)22-12-10(20)8(18)6(15)5(2-16)21-12/h3-12,16-20H,1-2,13-15H2/t3-,4+,5-,6-,7+,8+,9-,10-,11-,12-/m1/s1. The molecule has 0 spiro atoms. The summed E-state index contributed by atoms with van der Waals surface area (Å²) in [6.07, 6.45) is -8.58. The maximum Gasteiger partial charge on any atom is 0.187 e. The zero-order chi connectivity index (χ0) is 16.6. The van der Waals surface area contributed by atoms with Crippen LogP contribution in [-0.4, -0.2) is 93.2 Å². The average Bonchev–Trinajstić information content (AvgIpc) is 2.49. The van der Waals surface area contributed by atoms with Crippen molar-refractivity contribution in [3.8, 4) is 0 Å². The van der Waals surface area contributed by atoms with E-state index >= 15 is 0 Å². The maximum atomic E-state index is 10.0. The molecule has 0 radical (unpaired) electrons. The first-order chi connectivity index (χ1) is 10.3. The maximum absolute atomic E-state index is 10.0. The molecule has 1 heterocycles. The van der Waals surface area contributed by atoms with Gasteiger partial charge in [-0.3, -0.25) is 0 Å². The van der Waals surface area contributed by atoms with Crippen LogP contribution in [0.5, 0.6) is 0 Å². The van der Waals surface area contributed by atoms with E-state index in [-0.39, 0.29) is 6.42 Å². The highest BCUT2D eigenvalue weighted by Crippen LogP contribution is 2.27. The fourth-order valence-corrected chi connectivity index (χ4v) is 2.85. The summed E-state index contributed by atoms with van der Waals surface area (Å²) in [5, 5.41) is 48.8. The molecule has 1 aliphatic carbocycles. The van der Waals surface area contributed by atoms with Gasteiger partial charge in [0.2, 0.25) is 0 Å². The van der Waals surface area contributed by atoms with Crippen LogP contribution in [0.25, 0.3) is 0 Å². The van der Waals surface area contributed by atoms with Crippen LogP contribution in [0.15, 0.2) is 0 Å². The third-order valence-corrected chi connectivity index (χ3v) is 4.32. The number of hydrogen-bond acceptors (Lipinski definition) is 10. The van der Waals surface area contributed by atoms with Gasteiger partial charge in [-0.25, -0.2) is 0 Å². The van der Waals surface area contributed by atoms with Gasteiger partial charge in [-0.15, -0.1) is 0 Å². The fourth-order valence-electron chi connectivity index (χ4n) is 2.85. The molecule has 0 aromatic rings. The van der Waals surface area contributed by atoms with E-state index in [0.29, 0.717) is 0 Å². The Labute approximate surface area is 127 Å². The van der Waals surface area contributed by atoms with Gasteiger partial charge in [0.1, 0.15) is 30.5 Å². The van der Waals surface area contributed by atoms with Gasteiger partial charge in [0.05, 0.1) is 18.8 Å². The predicted octanol–water partition coefficient (Wildman–Crippen LogP) is -5.08. The van der Waals surface area contributed by atoms with Crippen molar-refractivity contribution in [1.82, 2.24) is 0 Å². The zero-order valence-electron chi connectivity index (χ0n) is 12.0. The first-order valence-corrected chi connectivity index (χ1v) is 7.18. The Morgan fingerprint density at radius 3 is 2.14 bits per heavy atom. The fraction of sp³-hybridized carbons (Fsp3) is 1.00. The molecule has 130 valence electrons. The van der Waals surface area contributed by atoms with Crippen LogP contribution in [0.3, 0.4) is 0 Å². The largest absolute Gasteiger partial charge is 0.394 e. The second-order valence-electron chi connectivity index (χ2n) is 5.93. The molecule has 1 saturated heterocycles. The van der Waals surface area contributed by atoms with Gasteiger partial charge in [0.15, 0.2) is 6.29 Å². The molecule has 10 heteroatoms. The number of rotatable bonds is 3. The number of ether oxygens (including phenoxy) is 2. The Hall–Kier alpha value is -0.400. The zero-order valence-corrected chi connectivity index (χ0v) is 12.0. The van der Waals surface area contributed by atoms with Crippen LogP contribution in [-0.2, 0) is 9.47 Å². The van der Waals surface area contributed by atoms with Crippen LogP contribution >= 0.6 is 0 Å². The molecule has 0 unspecified atom stereocenters. The summed E-state index contributed by atoms with van der Waals surface area (Å²) in [6, 6.07) is -2.36. The molecule has 2 fully saturated rings. The topological polar surface area (TPSA) is 198 Å². The molecule has 2 aliphatic rings. The molecule has 0 aromatic heterocycles. The van der Waals surface area contributed by atoms with Gasteiger partial charge in [-0.05, 0) is 6.42 Å². The molecule has 0 amide bonds. The smallest absolute Gasteiger partial charge is 0.187 e. The Morgan fingerprint density at radius 1 is 0.909 bits per heavy atom. The second kappa shape index (κ2) is 7.01. The van der Waals surface area contributed by atoms with E-state index in [1.807, 2.05) is 0 Å². The molecular weight excluding hydrogens is 298 g/mol. The molecule has 0 aromatic carbocycles. The Kier molecular flexibility index (Phi) is 5.72. The summed E-state index contributed by atoms with van der Waals surface area (Å²) in [7, 11) is 0. The van der Waals surface area contributed by atoms with E-state index < -0.39 is 67.6 Å². The van der Waals surface area contributed by atoms with Crippen molar-refractivity contribution in [3.05, 3.63) is 0 Å². The summed E-state index contributed by atoms with van der Waals surface area (Å²) in [5.74, 6) is 0. The number of aliphatic hydroxyl groups is 5. The highest BCUT2D eigenvalue weighted by Gasteiger charge is 2.48. The van der Waals surface area contributed by atoms with E-state index in [9.17, 15) is 25.5 Å². The van der Waals surface area contributed by atoms with Crippen molar-refractivity contribution >= 4 is 0 Å². The lowest BCUT2D eigenvalue weighted by Crippen LogP contribution is -2.66. The van der Waals surface area contributed by atoms with Crippen molar-refractivity contribution in [2.45, 2.75) is 67.5 Å². The van der Waals surface area contributed by atoms with Crippen molar-refractivity contribution in [1.29, 1.82) is 0 Å². The third-order valence-electron chi connectivity index (χ3n) is 4.32. The SMILES string of the molecule is N[C@H]1[C@H](O)[C@@H](O)[C@@H](O[C@H]2[C@H](O)[C@@H](O)[C@H](N)C[C@@H]2N)O[C@@H]1CO. The van der Waals surface area contributed by atoms with Crippen LogP contribution in [0, 0.1) is 0 Å². The number of aliphatic hydroxyl groups excluding tert-OH is 5. The summed E-state index contributed by atoms with van der Waals surface area (Å²) in [5.41, 5.74) is 17.1. The molecule has 22 heavy (non-hydrogen) atoms. The van der Waals surface area contributed by atoms with E-state index in [2.05, 4.69) is 0 Å². The van der Waals surface area contributed by atoms with Crippen molar-refractivity contribution in [3.63, 3.8) is 0 Å². The van der Waals surface area contributed by atoms with Gasteiger partial charge < -0.3 is 52.2 Å². The van der Waals surface area contributed by atoms with Crippen LogP contribution < -0.4 is 17.2 Å². The van der Waals surface area contributed by atoms with Gasteiger partial charge in [-0.2, -0.15) is 0 Å². The Bertz CT molecular complexity index is 375. The molecular formula is C12H25N3O7. The van der Waals surface area contributed by atoms with Crippen molar-refractivity contribution in [2.24, 2.45) is 17.2 Å². The minimum absolute atomic E-state index is 0.206. The number of nitrogens with two attached hydrogens (primary N) is 3. The minimum atomic E-state index is -1.48. The predicted molar refractivity (Wildman–Crippen MR) is 73.2 cm³/mol. The van der Waals surface area contributed by atoms with E-state index in [4.69, 9.17) is 26.7 Å². The lowest BCUT2D eigenvalue weighted by molar-refractivity contribution is -0.305. The highest BCUT2D eigenvalue weighted by molar-refractivity contribution is 4.99. The molecule has 10 atom stereocenters. The van der Waals surface area contributed by atoms with Crippen LogP contribution in [0.1, 0.15) is 6.42 Å². The van der Waals surface area contributed by atoms with E-state index in [1.54, 1.807) is 0 Å².